The summed E-state index contributed by atoms with van der Waals surface area (Å²) in [5.41, 5.74) is 5.01. The van der Waals surface area contributed by atoms with Gasteiger partial charge in [-0.1, -0.05) is 30.3 Å². The Balaban J connectivity index is 1.08. The van der Waals surface area contributed by atoms with Gasteiger partial charge in [0.25, 0.3) is 32.1 Å². The number of amides is 2. The highest BCUT2D eigenvalue weighted by atomic mass is 32.2. The largest absolute Gasteiger partial charge is 0.478 e. The Kier molecular flexibility index (Phi) is 11.3. The molecule has 2 amide bonds. The number of hydrogen-bond donors (Lipinski definition) is 7. The summed E-state index contributed by atoms with van der Waals surface area (Å²) >= 11 is 0. The fraction of sp³-hybridized carbons (Fsp3) is 0.0238. The van der Waals surface area contributed by atoms with Crippen LogP contribution in [0.5, 0.6) is 0 Å². The molecule has 5 aromatic carbocycles. The van der Waals surface area contributed by atoms with Crippen LogP contribution in [-0.2, 0) is 20.2 Å². The summed E-state index contributed by atoms with van der Waals surface area (Å²) < 4.78 is 69.7. The van der Waals surface area contributed by atoms with Crippen LogP contribution in [0.2, 0.25) is 0 Å². The molecular formula is C42H30N6O12S2. The Morgan fingerprint density at radius 3 is 1.55 bits per heavy atom. The summed E-state index contributed by atoms with van der Waals surface area (Å²) in [6.07, 6.45) is 2.02. The fourth-order valence-corrected chi connectivity index (χ4v) is 7.68. The first-order valence-corrected chi connectivity index (χ1v) is 20.8. The molecule has 0 saturated heterocycles. The lowest BCUT2D eigenvalue weighted by Gasteiger charge is -2.18. The maximum absolute atomic E-state index is 13.5. The molecule has 7 N–H and O–H groups in total. The number of carbonyl (C=O) groups excluding carboxylic acids is 4. The average molecular weight is 875 g/mol. The summed E-state index contributed by atoms with van der Waals surface area (Å²) in [6, 6.07) is 26.3. The van der Waals surface area contributed by atoms with E-state index in [9.17, 15) is 55.0 Å². The topological polar surface area (TPSA) is 287 Å². The Labute approximate surface area is 351 Å². The lowest BCUT2D eigenvalue weighted by molar-refractivity contribution is 0.0697. The highest BCUT2D eigenvalue weighted by Crippen LogP contribution is 2.31. The molecule has 0 radical (unpaired) electrons. The molecule has 18 nitrogen and oxygen atoms in total. The number of benzene rings is 5. The number of aryl methyl sites for hydroxylation is 1. The van der Waals surface area contributed by atoms with Crippen molar-refractivity contribution in [1.82, 2.24) is 0 Å². The van der Waals surface area contributed by atoms with Crippen LogP contribution in [0.4, 0.5) is 22.7 Å². The van der Waals surface area contributed by atoms with Gasteiger partial charge in [-0.15, -0.1) is 0 Å². The van der Waals surface area contributed by atoms with E-state index in [2.05, 4.69) is 31.7 Å². The Bertz CT molecular complexity index is 3140. The van der Waals surface area contributed by atoms with Crippen LogP contribution in [0.3, 0.4) is 0 Å². The van der Waals surface area contributed by atoms with Gasteiger partial charge in [0.15, 0.2) is 11.4 Å². The first-order valence-electron chi connectivity index (χ1n) is 17.9. The van der Waals surface area contributed by atoms with Gasteiger partial charge in [0.1, 0.15) is 9.81 Å². The average Bonchev–Trinajstić information content (AvgIpc) is 3.22. The predicted molar refractivity (Wildman–Crippen MR) is 230 cm³/mol. The molecule has 2 aliphatic rings. The van der Waals surface area contributed by atoms with Gasteiger partial charge in [-0.05, 0) is 115 Å². The fourth-order valence-electron chi connectivity index (χ4n) is 6.36. The van der Waals surface area contributed by atoms with Crippen molar-refractivity contribution in [3.63, 3.8) is 0 Å². The Morgan fingerprint density at radius 2 is 1.05 bits per heavy atom. The van der Waals surface area contributed by atoms with Gasteiger partial charge in [0.2, 0.25) is 11.6 Å². The molecule has 0 aromatic heterocycles. The normalized spacial score (nSPS) is 14.9. The van der Waals surface area contributed by atoms with Gasteiger partial charge in [-0.3, -0.25) is 39.1 Å². The SMILES string of the molecule is Cc1cc(C(=O)Nc2ccc3c(c2)C=C(S(=O)(=O)O)/C(=N\Nc2ccccc2C(=O)O)C3=O)ccc1NN=C1C(=O)c2ccc(NC(=O)c3ccccc3)cc2C=C1S(=O)(=O)O. The van der Waals surface area contributed by atoms with E-state index in [-0.39, 0.29) is 56.1 Å². The van der Waals surface area contributed by atoms with Gasteiger partial charge in [-0.25, -0.2) is 4.79 Å². The van der Waals surface area contributed by atoms with Crippen molar-refractivity contribution in [3.05, 3.63) is 164 Å². The van der Waals surface area contributed by atoms with E-state index < -0.39 is 70.8 Å². The van der Waals surface area contributed by atoms with Crippen molar-refractivity contribution in [1.29, 1.82) is 0 Å². The number of Topliss-reactive ketones (excluding diaryl/α,β-unsaturated/α-hetero) is 2. The zero-order valence-corrected chi connectivity index (χ0v) is 33.4. The molecule has 0 fully saturated rings. The van der Waals surface area contributed by atoms with Crippen LogP contribution in [0.25, 0.3) is 12.2 Å². The molecular weight excluding hydrogens is 845 g/mol. The number of carboxylic acid groups (broad SMARTS) is 1. The lowest BCUT2D eigenvalue weighted by atomic mass is 9.94. The number of fused-ring (bicyclic) bond motifs is 2. The highest BCUT2D eigenvalue weighted by molar-refractivity contribution is 7.91. The predicted octanol–water partition coefficient (Wildman–Crippen LogP) is 5.98. The molecule has 0 saturated carbocycles. The summed E-state index contributed by atoms with van der Waals surface area (Å²) in [4.78, 5) is 62.9. The minimum atomic E-state index is -5.05. The van der Waals surface area contributed by atoms with E-state index in [1.807, 2.05) is 0 Å². The van der Waals surface area contributed by atoms with E-state index in [1.165, 1.54) is 78.9 Å². The number of para-hydroxylation sites is 1. The van der Waals surface area contributed by atoms with Crippen LogP contribution < -0.4 is 21.5 Å². The second kappa shape index (κ2) is 16.6. The highest BCUT2D eigenvalue weighted by Gasteiger charge is 2.34. The second-order valence-electron chi connectivity index (χ2n) is 13.5. The molecule has 0 spiro atoms. The molecule has 62 heavy (non-hydrogen) atoms. The molecule has 312 valence electrons. The Hall–Kier alpha value is -7.91. The minimum Gasteiger partial charge on any atom is -0.478 e. The number of ketones is 2. The second-order valence-corrected chi connectivity index (χ2v) is 16.3. The molecule has 0 aliphatic heterocycles. The standard InChI is InChI=1S/C42H30N6O12S2/c1-22-17-24(41(52)44-28-13-15-30-26(19-28)21-35(62(58,59)60)37(39(30)50)48-46-33-10-6-5-9-31(33)42(53)54)11-16-32(22)45-47-36-34(61(55,56)57)20-25-18-27(12-14-29(25)38(36)49)43-40(51)23-7-3-2-4-8-23/h2-21,45-46H,1H3,(H,43,51)(H,44,52)(H,53,54)(H,55,56,57)(H,58,59,60)/b47-36?,48-37+. The van der Waals surface area contributed by atoms with E-state index in [0.29, 0.717) is 11.1 Å². The van der Waals surface area contributed by atoms with E-state index in [0.717, 1.165) is 12.2 Å². The third kappa shape index (κ3) is 8.83. The van der Waals surface area contributed by atoms with Crippen LogP contribution in [-0.4, -0.2) is 71.8 Å². The molecule has 7 rings (SSSR count). The van der Waals surface area contributed by atoms with Gasteiger partial charge in [0, 0.05) is 33.6 Å². The smallest absolute Gasteiger partial charge is 0.337 e. The number of anilines is 4. The van der Waals surface area contributed by atoms with Crippen LogP contribution in [0.1, 0.15) is 68.5 Å². The minimum absolute atomic E-state index is 0.00798. The van der Waals surface area contributed by atoms with Crippen molar-refractivity contribution < 1.29 is 55.0 Å². The summed E-state index contributed by atoms with van der Waals surface area (Å²) in [7, 11) is -10.0. The molecule has 2 aliphatic carbocycles. The quantitative estimate of drug-likeness (QED) is 0.0593. The first kappa shape index (κ1) is 42.2. The van der Waals surface area contributed by atoms with Gasteiger partial charge < -0.3 is 15.7 Å². The third-order valence-corrected chi connectivity index (χ3v) is 11.1. The van der Waals surface area contributed by atoms with Crippen molar-refractivity contribution >= 4 is 95.9 Å². The summed E-state index contributed by atoms with van der Waals surface area (Å²) in [5.74, 6) is -4.17. The van der Waals surface area contributed by atoms with Crippen LogP contribution >= 0.6 is 0 Å². The van der Waals surface area contributed by atoms with E-state index >= 15 is 0 Å². The summed E-state index contributed by atoms with van der Waals surface area (Å²) in [5, 5.41) is 22.6. The number of nitrogens with one attached hydrogen (secondary N) is 4. The van der Waals surface area contributed by atoms with Gasteiger partial charge in [0.05, 0.1) is 16.9 Å². The van der Waals surface area contributed by atoms with Crippen molar-refractivity contribution in [2.45, 2.75) is 6.92 Å². The third-order valence-electron chi connectivity index (χ3n) is 9.39. The number of allylic oxidation sites excluding steroid dienone is 2. The van der Waals surface area contributed by atoms with E-state index in [1.54, 1.807) is 37.3 Å². The van der Waals surface area contributed by atoms with Crippen molar-refractivity contribution in [2.24, 2.45) is 10.2 Å². The molecule has 0 heterocycles. The van der Waals surface area contributed by atoms with Crippen molar-refractivity contribution in [3.8, 4) is 0 Å². The monoisotopic (exact) mass is 874 g/mol. The number of nitrogens with zero attached hydrogens (tertiary/aromatic N) is 2. The molecule has 5 aromatic rings. The number of carboxylic acids is 1. The molecule has 20 heteroatoms. The zero-order valence-electron chi connectivity index (χ0n) is 31.8. The van der Waals surface area contributed by atoms with Crippen LogP contribution in [0.15, 0.2) is 129 Å². The van der Waals surface area contributed by atoms with Crippen LogP contribution in [0, 0.1) is 6.92 Å². The Morgan fingerprint density at radius 1 is 0.565 bits per heavy atom. The number of hydrogen-bond acceptors (Lipinski definition) is 13. The molecule has 0 unspecified atom stereocenters. The van der Waals surface area contributed by atoms with Gasteiger partial charge >= 0.3 is 5.97 Å². The maximum atomic E-state index is 13.5. The maximum Gasteiger partial charge on any atom is 0.337 e. The number of hydrazone groups is 2. The zero-order chi connectivity index (χ0) is 44.5. The first-order chi connectivity index (χ1) is 29.4. The van der Waals surface area contributed by atoms with Gasteiger partial charge in [-0.2, -0.15) is 27.0 Å². The number of rotatable bonds is 11. The summed E-state index contributed by atoms with van der Waals surface area (Å²) in [6.45, 7) is 1.59. The number of carbonyl (C=O) groups is 5. The van der Waals surface area contributed by atoms with Crippen molar-refractivity contribution in [2.75, 3.05) is 21.5 Å². The van der Waals surface area contributed by atoms with E-state index in [4.69, 9.17) is 0 Å². The molecule has 0 bridgehead atoms. The number of aromatic carboxylic acids is 1. The molecule has 0 atom stereocenters. The lowest BCUT2D eigenvalue weighted by Crippen LogP contribution is -2.27.